The molecule has 5 aliphatic rings. The van der Waals surface area contributed by atoms with Crippen LogP contribution in [0.5, 0.6) is 0 Å². The summed E-state index contributed by atoms with van der Waals surface area (Å²) in [5.74, 6) is 1.55. The molecule has 2 aromatic rings. The van der Waals surface area contributed by atoms with Crippen molar-refractivity contribution in [1.29, 1.82) is 0 Å². The normalized spacial score (nSPS) is 27.6. The van der Waals surface area contributed by atoms with Gasteiger partial charge in [0, 0.05) is 31.5 Å². The van der Waals surface area contributed by atoms with Crippen molar-refractivity contribution in [2.75, 3.05) is 16.8 Å². The summed E-state index contributed by atoms with van der Waals surface area (Å²) in [6.07, 6.45) is 5.51. The van der Waals surface area contributed by atoms with Gasteiger partial charge in [0.25, 0.3) is 0 Å². The van der Waals surface area contributed by atoms with Crippen molar-refractivity contribution >= 4 is 17.1 Å². The van der Waals surface area contributed by atoms with Crippen LogP contribution in [-0.2, 0) is 30.9 Å². The molecule has 0 atom stereocenters. The fourth-order valence-corrected chi connectivity index (χ4v) is 7.10. The molecule has 4 aliphatic carbocycles. The van der Waals surface area contributed by atoms with Crippen molar-refractivity contribution in [3.05, 3.63) is 59.3 Å². The molecule has 1 aliphatic heterocycles. The Morgan fingerprint density at radius 3 is 1.94 bits per heavy atom. The third-order valence-electron chi connectivity index (χ3n) is 10.4. The quantitative estimate of drug-likeness (QED) is 0.311. The minimum atomic E-state index is 0. The summed E-state index contributed by atoms with van der Waals surface area (Å²) in [6, 6.07) is 13.4. The summed E-state index contributed by atoms with van der Waals surface area (Å²) in [6.45, 7) is 16.8. The molecule has 1 radical (unpaired) electrons. The zero-order chi connectivity index (χ0) is 21.9. The Morgan fingerprint density at radius 1 is 0.812 bits per heavy atom. The maximum absolute atomic E-state index is 3.69. The van der Waals surface area contributed by atoms with Crippen molar-refractivity contribution in [2.24, 2.45) is 5.41 Å². The van der Waals surface area contributed by atoms with Crippen LogP contribution in [0.3, 0.4) is 0 Å². The molecule has 32 heavy (non-hydrogen) atoms. The van der Waals surface area contributed by atoms with Gasteiger partial charge in [0.2, 0.25) is 0 Å². The second kappa shape index (κ2) is 6.86. The van der Waals surface area contributed by atoms with Gasteiger partial charge in [-0.15, -0.1) is 22.9 Å². The van der Waals surface area contributed by atoms with Gasteiger partial charge in [-0.25, -0.2) is 0 Å². The first kappa shape index (κ1) is 22.5. The largest absolute Gasteiger partial charge is 0.504 e. The molecule has 0 amide bonds. The van der Waals surface area contributed by atoms with E-state index < -0.39 is 0 Å². The minimum absolute atomic E-state index is 0. The first-order valence-electron chi connectivity index (χ1n) is 12.2. The molecule has 0 N–H and O–H groups in total. The van der Waals surface area contributed by atoms with Crippen molar-refractivity contribution in [1.82, 2.24) is 0 Å². The number of fused-ring (bicyclic) bond motifs is 4. The molecule has 1 saturated carbocycles. The maximum atomic E-state index is 3.69. The topological polar surface area (TPSA) is 6.48 Å². The van der Waals surface area contributed by atoms with Crippen LogP contribution in [0.25, 0.3) is 0 Å². The molecule has 7 rings (SSSR count). The molecule has 1 heterocycles. The second-order valence-corrected chi connectivity index (χ2v) is 12.1. The van der Waals surface area contributed by atoms with Gasteiger partial charge in [0.1, 0.15) is 0 Å². The first-order chi connectivity index (χ1) is 14.5. The van der Waals surface area contributed by atoms with E-state index in [4.69, 9.17) is 0 Å². The number of benzene rings is 2. The number of anilines is 3. The number of rotatable bonds is 1. The van der Waals surface area contributed by atoms with Crippen molar-refractivity contribution in [3.63, 3.8) is 0 Å². The van der Waals surface area contributed by atoms with Crippen LogP contribution in [0.4, 0.5) is 17.1 Å². The summed E-state index contributed by atoms with van der Waals surface area (Å²) < 4.78 is 0. The molecule has 2 aromatic carbocycles. The predicted molar refractivity (Wildman–Crippen MR) is 130 cm³/mol. The van der Waals surface area contributed by atoms with Gasteiger partial charge in [-0.2, -0.15) is 18.8 Å². The van der Waals surface area contributed by atoms with E-state index >= 15 is 0 Å². The molecule has 0 aromatic heterocycles. The van der Waals surface area contributed by atoms with E-state index in [1.807, 2.05) is 0 Å². The molecular weight excluding hydrogens is 569 g/mol. The Labute approximate surface area is 208 Å². The molecule has 0 unspecified atom stereocenters. The zero-order valence-electron chi connectivity index (χ0n) is 20.6. The molecular formula is C29H36IrN2-2. The van der Waals surface area contributed by atoms with E-state index in [1.54, 1.807) is 11.1 Å². The monoisotopic (exact) mass is 605 g/mol. The van der Waals surface area contributed by atoms with Gasteiger partial charge in [-0.3, -0.25) is 0 Å². The van der Waals surface area contributed by atoms with Gasteiger partial charge in [-0.05, 0) is 84.1 Å². The van der Waals surface area contributed by atoms with Gasteiger partial charge in [-0.1, -0.05) is 41.5 Å². The Hall–Kier alpha value is -1.31. The van der Waals surface area contributed by atoms with Gasteiger partial charge < -0.3 is 9.80 Å². The smallest absolute Gasteiger partial charge is 0.0329 e. The van der Waals surface area contributed by atoms with E-state index in [1.165, 1.54) is 53.9 Å². The van der Waals surface area contributed by atoms with Crippen LogP contribution in [0.15, 0.2) is 24.3 Å². The number of hydrogen-bond acceptors (Lipinski definition) is 2. The van der Waals surface area contributed by atoms with Crippen molar-refractivity contribution in [3.8, 4) is 0 Å². The SMILES string of the molecule is CN1[CH-]N(c2[c-]cc3c(c2)C(C)(C)C(C)(C)C3(C)C)c2cc3c(cc21)C1CCC3CC1.[Ir]. The van der Waals surface area contributed by atoms with Crippen LogP contribution in [0, 0.1) is 18.2 Å². The van der Waals surface area contributed by atoms with Crippen LogP contribution < -0.4 is 9.80 Å². The van der Waals surface area contributed by atoms with E-state index in [0.717, 1.165) is 11.8 Å². The van der Waals surface area contributed by atoms with Crippen molar-refractivity contribution < 1.29 is 20.1 Å². The number of nitrogens with zero attached hydrogens (tertiary/aromatic N) is 2. The fourth-order valence-electron chi connectivity index (χ4n) is 7.10. The fraction of sp³-hybridized carbons (Fsp3) is 0.552. The molecule has 0 spiro atoms. The Kier molecular flexibility index (Phi) is 4.82. The maximum Gasteiger partial charge on any atom is 0.0329 e. The Morgan fingerprint density at radius 2 is 1.34 bits per heavy atom. The third-order valence-corrected chi connectivity index (χ3v) is 10.4. The van der Waals surface area contributed by atoms with Crippen LogP contribution in [-0.4, -0.2) is 7.05 Å². The summed E-state index contributed by atoms with van der Waals surface area (Å²) in [5.41, 5.74) is 10.5. The molecule has 1 fully saturated rings. The zero-order valence-corrected chi connectivity index (χ0v) is 23.0. The molecule has 173 valence electrons. The van der Waals surface area contributed by atoms with E-state index in [2.05, 4.69) is 95.4 Å². The Bertz CT molecular complexity index is 1090. The van der Waals surface area contributed by atoms with E-state index in [-0.39, 0.29) is 36.4 Å². The Balaban J connectivity index is 0.00000216. The minimum Gasteiger partial charge on any atom is -0.504 e. The molecule has 2 nitrogen and oxygen atoms in total. The van der Waals surface area contributed by atoms with Crippen LogP contribution in [0.2, 0.25) is 0 Å². The van der Waals surface area contributed by atoms with Crippen LogP contribution >= 0.6 is 0 Å². The molecule has 2 bridgehead atoms. The van der Waals surface area contributed by atoms with E-state index in [9.17, 15) is 0 Å². The summed E-state index contributed by atoms with van der Waals surface area (Å²) in [7, 11) is 2.19. The predicted octanol–water partition coefficient (Wildman–Crippen LogP) is 7.54. The second-order valence-electron chi connectivity index (χ2n) is 12.1. The molecule has 0 saturated heterocycles. The summed E-state index contributed by atoms with van der Waals surface area (Å²) >= 11 is 0. The average Bonchev–Trinajstić information content (AvgIpc) is 3.12. The first-order valence-corrected chi connectivity index (χ1v) is 12.2. The summed E-state index contributed by atoms with van der Waals surface area (Å²) in [5, 5.41) is 0. The summed E-state index contributed by atoms with van der Waals surface area (Å²) in [4.78, 5) is 4.69. The molecule has 3 heteroatoms. The van der Waals surface area contributed by atoms with Gasteiger partial charge >= 0.3 is 0 Å². The van der Waals surface area contributed by atoms with Gasteiger partial charge in [0.15, 0.2) is 0 Å². The van der Waals surface area contributed by atoms with Gasteiger partial charge in [0.05, 0.1) is 0 Å². The number of hydrogen-bond donors (Lipinski definition) is 0. The standard InChI is InChI=1S/C29H36N2.Ir/c1-27(2)23-13-12-20(14-24(23)28(3,4)29(27,5)6)31-17-30(7)25-15-21-18-8-10-19(11-9-18)22(21)16-26(25)31;/h13-19H,8-11H2,1-7H3;/q-2;. The van der Waals surface area contributed by atoms with E-state index in [0.29, 0.717) is 0 Å². The third kappa shape index (κ3) is 2.62. The van der Waals surface area contributed by atoms with Crippen molar-refractivity contribution in [2.45, 2.75) is 89.9 Å². The average molecular weight is 605 g/mol. The van der Waals surface area contributed by atoms with Crippen LogP contribution in [0.1, 0.15) is 101 Å².